The molecule has 0 fully saturated rings. The number of carbonyl (C=O) groups is 1. The first kappa shape index (κ1) is 16.1. The highest BCUT2D eigenvalue weighted by Gasteiger charge is 2.17. The number of nitrogens with one attached hydrogen (secondary N) is 2. The third-order valence-electron chi connectivity index (χ3n) is 2.27. The molecule has 1 amide bonds. The molecule has 1 aromatic heterocycles. The fraction of sp³-hybridized carbons (Fsp3) is 0.615. The molecule has 20 heavy (non-hydrogen) atoms. The highest BCUT2D eigenvalue weighted by molar-refractivity contribution is 5.68. The number of hydrogen-bond acceptors (Lipinski definition) is 5. The van der Waals surface area contributed by atoms with Crippen LogP contribution in [0.15, 0.2) is 12.4 Å². The molecule has 6 nitrogen and oxygen atoms in total. The van der Waals surface area contributed by atoms with E-state index < -0.39 is 17.6 Å². The van der Waals surface area contributed by atoms with Gasteiger partial charge in [-0.3, -0.25) is 0 Å². The van der Waals surface area contributed by atoms with Gasteiger partial charge < -0.3 is 15.4 Å². The smallest absolute Gasteiger partial charge is 0.407 e. The summed E-state index contributed by atoms with van der Waals surface area (Å²) in [5, 5.41) is 5.73. The Kier molecular flexibility index (Phi) is 5.66. The second-order valence-corrected chi connectivity index (χ2v) is 5.49. The van der Waals surface area contributed by atoms with Crippen LogP contribution in [0.3, 0.4) is 0 Å². The topological polar surface area (TPSA) is 76.1 Å². The first-order valence-corrected chi connectivity index (χ1v) is 6.47. The lowest BCUT2D eigenvalue weighted by Crippen LogP contribution is -2.38. The van der Waals surface area contributed by atoms with E-state index in [9.17, 15) is 9.18 Å². The minimum absolute atomic E-state index is 0.0502. The summed E-state index contributed by atoms with van der Waals surface area (Å²) in [5.41, 5.74) is -0.508. The Labute approximate surface area is 118 Å². The molecule has 0 aliphatic carbocycles. The quantitative estimate of drug-likeness (QED) is 0.868. The Bertz CT molecular complexity index is 431. The van der Waals surface area contributed by atoms with Crippen molar-refractivity contribution in [1.82, 2.24) is 15.3 Å². The van der Waals surface area contributed by atoms with Gasteiger partial charge in [0.15, 0.2) is 0 Å². The average molecular weight is 284 g/mol. The number of alkyl carbamates (subject to hydrolysis) is 1. The van der Waals surface area contributed by atoms with Gasteiger partial charge in [-0.05, 0) is 34.1 Å². The lowest BCUT2D eigenvalue weighted by Gasteiger charge is -2.22. The molecule has 0 radical (unpaired) electrons. The minimum atomic E-state index is -0.615. The molecule has 0 saturated heterocycles. The molecule has 2 N–H and O–H groups in total. The van der Waals surface area contributed by atoms with Gasteiger partial charge in [-0.25, -0.2) is 14.8 Å². The van der Waals surface area contributed by atoms with Gasteiger partial charge >= 0.3 is 6.09 Å². The van der Waals surface area contributed by atoms with E-state index in [1.807, 2.05) is 27.7 Å². The molecule has 1 unspecified atom stereocenters. The first-order valence-electron chi connectivity index (χ1n) is 6.47. The molecular formula is C13H21FN4O2. The predicted octanol–water partition coefficient (Wildman–Crippen LogP) is 2.33. The van der Waals surface area contributed by atoms with Gasteiger partial charge in [0.1, 0.15) is 11.4 Å². The lowest BCUT2D eigenvalue weighted by atomic mass is 10.2. The van der Waals surface area contributed by atoms with Crippen molar-refractivity contribution in [2.24, 2.45) is 0 Å². The van der Waals surface area contributed by atoms with Crippen molar-refractivity contribution in [3.8, 4) is 0 Å². The number of carbonyl (C=O) groups excluding carboxylic acids is 1. The fourth-order valence-corrected chi connectivity index (χ4v) is 1.40. The summed E-state index contributed by atoms with van der Waals surface area (Å²) in [6.07, 6.45) is 2.61. The van der Waals surface area contributed by atoms with Crippen LogP contribution in [-0.4, -0.2) is 34.2 Å². The molecule has 0 aliphatic heterocycles. The summed E-state index contributed by atoms with van der Waals surface area (Å²) < 4.78 is 17.7. The van der Waals surface area contributed by atoms with Crippen molar-refractivity contribution in [3.63, 3.8) is 0 Å². The van der Waals surface area contributed by atoms with E-state index in [2.05, 4.69) is 20.6 Å². The number of ether oxygens (including phenoxy) is 1. The van der Waals surface area contributed by atoms with Gasteiger partial charge in [0.05, 0.1) is 12.4 Å². The summed E-state index contributed by atoms with van der Waals surface area (Å²) in [5.74, 6) is -0.119. The number of aromatic nitrogens is 2. The van der Waals surface area contributed by atoms with Gasteiger partial charge in [-0.1, -0.05) is 0 Å². The Hall–Kier alpha value is -1.92. The van der Waals surface area contributed by atoms with E-state index in [0.717, 1.165) is 6.20 Å². The summed E-state index contributed by atoms with van der Waals surface area (Å²) in [6.45, 7) is 7.89. The van der Waals surface area contributed by atoms with Crippen LogP contribution in [0.4, 0.5) is 15.0 Å². The standard InChI is InChI=1S/C13H21FN4O2/c1-9(18-12(19)20-13(2,3)4)5-6-15-11-8-16-10(14)7-17-11/h7-9H,5-6H2,1-4H3,(H,15,17)(H,18,19). The summed E-state index contributed by atoms with van der Waals surface area (Å²) in [6, 6.07) is -0.0502. The molecule has 1 heterocycles. The van der Waals surface area contributed by atoms with Gasteiger partial charge in [-0.2, -0.15) is 4.39 Å². The summed E-state index contributed by atoms with van der Waals surface area (Å²) >= 11 is 0. The monoisotopic (exact) mass is 284 g/mol. The zero-order valence-corrected chi connectivity index (χ0v) is 12.2. The Morgan fingerprint density at radius 1 is 1.40 bits per heavy atom. The highest BCUT2D eigenvalue weighted by Crippen LogP contribution is 2.07. The second kappa shape index (κ2) is 7.02. The van der Waals surface area contributed by atoms with Crippen molar-refractivity contribution < 1.29 is 13.9 Å². The third-order valence-corrected chi connectivity index (χ3v) is 2.27. The number of nitrogens with zero attached hydrogens (tertiary/aromatic N) is 2. The van der Waals surface area contributed by atoms with E-state index in [-0.39, 0.29) is 6.04 Å². The molecule has 0 aliphatic rings. The Morgan fingerprint density at radius 3 is 2.65 bits per heavy atom. The molecule has 0 spiro atoms. The number of anilines is 1. The Morgan fingerprint density at radius 2 is 2.10 bits per heavy atom. The zero-order chi connectivity index (χ0) is 15.2. The molecule has 0 aromatic carbocycles. The van der Waals surface area contributed by atoms with E-state index in [0.29, 0.717) is 18.8 Å². The van der Waals surface area contributed by atoms with Crippen molar-refractivity contribution in [3.05, 3.63) is 18.3 Å². The highest BCUT2D eigenvalue weighted by atomic mass is 19.1. The third kappa shape index (κ3) is 6.86. The summed E-state index contributed by atoms with van der Waals surface area (Å²) in [7, 11) is 0. The van der Waals surface area contributed by atoms with Crippen LogP contribution >= 0.6 is 0 Å². The lowest BCUT2D eigenvalue weighted by molar-refractivity contribution is 0.0507. The van der Waals surface area contributed by atoms with Crippen molar-refractivity contribution in [1.29, 1.82) is 0 Å². The van der Waals surface area contributed by atoms with Crippen molar-refractivity contribution in [2.45, 2.75) is 45.8 Å². The van der Waals surface area contributed by atoms with Gasteiger partial charge in [-0.15, -0.1) is 0 Å². The van der Waals surface area contributed by atoms with Crippen molar-refractivity contribution in [2.75, 3.05) is 11.9 Å². The molecule has 112 valence electrons. The van der Waals surface area contributed by atoms with Gasteiger partial charge in [0.25, 0.3) is 0 Å². The maximum atomic E-state index is 12.6. The van der Waals surface area contributed by atoms with Crippen LogP contribution < -0.4 is 10.6 Å². The van der Waals surface area contributed by atoms with Crippen LogP contribution in [0, 0.1) is 5.95 Å². The number of amides is 1. The number of hydrogen-bond donors (Lipinski definition) is 2. The number of rotatable bonds is 5. The van der Waals surface area contributed by atoms with Crippen molar-refractivity contribution >= 4 is 11.9 Å². The average Bonchev–Trinajstić information content (AvgIpc) is 2.29. The second-order valence-electron chi connectivity index (χ2n) is 5.49. The molecule has 7 heteroatoms. The van der Waals surface area contributed by atoms with E-state index in [4.69, 9.17) is 4.74 Å². The molecule has 0 bridgehead atoms. The molecule has 1 atom stereocenters. The normalized spacial score (nSPS) is 12.7. The van der Waals surface area contributed by atoms with Crippen LogP contribution in [0.25, 0.3) is 0 Å². The van der Waals surface area contributed by atoms with E-state index in [1.54, 1.807) is 0 Å². The molecule has 1 aromatic rings. The first-order chi connectivity index (χ1) is 9.26. The SMILES string of the molecule is CC(CCNc1cnc(F)cn1)NC(=O)OC(C)(C)C. The van der Waals surface area contributed by atoms with Crippen LogP contribution in [0.1, 0.15) is 34.1 Å². The molecule has 0 saturated carbocycles. The van der Waals surface area contributed by atoms with Crippen LogP contribution in [0.5, 0.6) is 0 Å². The molecule has 1 rings (SSSR count). The predicted molar refractivity (Wildman–Crippen MR) is 73.9 cm³/mol. The number of halogens is 1. The summed E-state index contributed by atoms with van der Waals surface area (Å²) in [4.78, 5) is 18.8. The minimum Gasteiger partial charge on any atom is -0.444 e. The van der Waals surface area contributed by atoms with Crippen LogP contribution in [-0.2, 0) is 4.74 Å². The fourth-order valence-electron chi connectivity index (χ4n) is 1.40. The van der Waals surface area contributed by atoms with Gasteiger partial charge in [0, 0.05) is 12.6 Å². The maximum Gasteiger partial charge on any atom is 0.407 e. The Balaban J connectivity index is 2.24. The van der Waals surface area contributed by atoms with Gasteiger partial charge in [0.2, 0.25) is 5.95 Å². The van der Waals surface area contributed by atoms with E-state index >= 15 is 0 Å². The largest absolute Gasteiger partial charge is 0.444 e. The van der Waals surface area contributed by atoms with Crippen LogP contribution in [0.2, 0.25) is 0 Å². The van der Waals surface area contributed by atoms with E-state index in [1.165, 1.54) is 6.20 Å². The molecular weight excluding hydrogens is 263 g/mol. The zero-order valence-electron chi connectivity index (χ0n) is 12.2. The maximum absolute atomic E-state index is 12.6.